The minimum atomic E-state index is -0.451. The minimum Gasteiger partial charge on any atom is -0.390 e. The molecule has 16 heavy (non-hydrogen) atoms. The summed E-state index contributed by atoms with van der Waals surface area (Å²) < 4.78 is 0. The SMILES string of the molecule is Cc1ccc(CC2(O)CCCC(C)C2)cc1. The van der Waals surface area contributed by atoms with E-state index in [4.69, 9.17) is 0 Å². The van der Waals surface area contributed by atoms with Gasteiger partial charge in [-0.25, -0.2) is 0 Å². The van der Waals surface area contributed by atoms with Crippen molar-refractivity contribution in [2.75, 3.05) is 0 Å². The number of benzene rings is 1. The van der Waals surface area contributed by atoms with Crippen molar-refractivity contribution in [1.82, 2.24) is 0 Å². The van der Waals surface area contributed by atoms with Crippen LogP contribution in [0.4, 0.5) is 0 Å². The Kier molecular flexibility index (Phi) is 3.34. The summed E-state index contributed by atoms with van der Waals surface area (Å²) in [6.07, 6.45) is 5.18. The van der Waals surface area contributed by atoms with E-state index < -0.39 is 5.60 Å². The lowest BCUT2D eigenvalue weighted by atomic mass is 9.76. The Morgan fingerprint density at radius 3 is 2.62 bits per heavy atom. The van der Waals surface area contributed by atoms with E-state index in [1.54, 1.807) is 0 Å². The van der Waals surface area contributed by atoms with Gasteiger partial charge in [0.25, 0.3) is 0 Å². The van der Waals surface area contributed by atoms with E-state index >= 15 is 0 Å². The van der Waals surface area contributed by atoms with Crippen LogP contribution < -0.4 is 0 Å². The highest BCUT2D eigenvalue weighted by Crippen LogP contribution is 2.34. The van der Waals surface area contributed by atoms with Crippen molar-refractivity contribution in [3.05, 3.63) is 35.4 Å². The van der Waals surface area contributed by atoms with Crippen LogP contribution in [-0.2, 0) is 6.42 Å². The predicted molar refractivity (Wildman–Crippen MR) is 67.5 cm³/mol. The molecule has 0 radical (unpaired) electrons. The fourth-order valence-corrected chi connectivity index (χ4v) is 2.88. The van der Waals surface area contributed by atoms with E-state index in [1.165, 1.54) is 24.0 Å². The van der Waals surface area contributed by atoms with Crippen molar-refractivity contribution in [3.8, 4) is 0 Å². The van der Waals surface area contributed by atoms with Crippen molar-refractivity contribution >= 4 is 0 Å². The Hall–Kier alpha value is -0.820. The second-order valence-corrected chi connectivity index (χ2v) is 5.59. The normalized spacial score (nSPS) is 30.3. The topological polar surface area (TPSA) is 20.2 Å². The zero-order valence-corrected chi connectivity index (χ0v) is 10.4. The molecule has 0 spiro atoms. The van der Waals surface area contributed by atoms with E-state index in [9.17, 15) is 5.11 Å². The molecule has 1 aromatic carbocycles. The fourth-order valence-electron chi connectivity index (χ4n) is 2.88. The standard InChI is InChI=1S/C15H22O/c1-12-5-7-14(8-6-12)11-15(16)9-3-4-13(2)10-15/h5-8,13,16H,3-4,9-11H2,1-2H3. The molecular weight excluding hydrogens is 196 g/mol. The molecule has 0 amide bonds. The highest BCUT2D eigenvalue weighted by Gasteiger charge is 2.32. The van der Waals surface area contributed by atoms with Crippen LogP contribution in [0.3, 0.4) is 0 Å². The first kappa shape index (κ1) is 11.7. The van der Waals surface area contributed by atoms with Gasteiger partial charge in [0.05, 0.1) is 5.60 Å². The highest BCUT2D eigenvalue weighted by atomic mass is 16.3. The summed E-state index contributed by atoms with van der Waals surface area (Å²) in [5.74, 6) is 0.671. The Labute approximate surface area is 98.5 Å². The molecule has 88 valence electrons. The lowest BCUT2D eigenvalue weighted by molar-refractivity contribution is -0.0123. The van der Waals surface area contributed by atoms with Gasteiger partial charge in [0, 0.05) is 6.42 Å². The van der Waals surface area contributed by atoms with E-state index in [0.717, 1.165) is 19.3 Å². The maximum Gasteiger partial charge on any atom is 0.0690 e. The summed E-state index contributed by atoms with van der Waals surface area (Å²) in [6, 6.07) is 8.55. The smallest absolute Gasteiger partial charge is 0.0690 e. The molecule has 2 atom stereocenters. The van der Waals surface area contributed by atoms with Crippen LogP contribution in [0.1, 0.15) is 43.7 Å². The lowest BCUT2D eigenvalue weighted by Crippen LogP contribution is -2.36. The first-order valence-corrected chi connectivity index (χ1v) is 6.35. The Morgan fingerprint density at radius 2 is 2.00 bits per heavy atom. The predicted octanol–water partition coefficient (Wildman–Crippen LogP) is 3.48. The summed E-state index contributed by atoms with van der Waals surface area (Å²) in [4.78, 5) is 0. The van der Waals surface area contributed by atoms with Crippen LogP contribution in [0.25, 0.3) is 0 Å². The maximum atomic E-state index is 10.6. The maximum absolute atomic E-state index is 10.6. The van der Waals surface area contributed by atoms with Gasteiger partial charge in [-0.05, 0) is 31.2 Å². The lowest BCUT2D eigenvalue weighted by Gasteiger charge is -2.35. The first-order valence-electron chi connectivity index (χ1n) is 6.35. The Morgan fingerprint density at radius 1 is 1.31 bits per heavy atom. The molecule has 0 aliphatic heterocycles. The van der Waals surface area contributed by atoms with Gasteiger partial charge in [-0.3, -0.25) is 0 Å². The van der Waals surface area contributed by atoms with Gasteiger partial charge in [-0.2, -0.15) is 0 Å². The molecular formula is C15H22O. The molecule has 1 saturated carbocycles. The number of aryl methyl sites for hydroxylation is 1. The monoisotopic (exact) mass is 218 g/mol. The molecule has 0 heterocycles. The molecule has 1 N–H and O–H groups in total. The third-order valence-corrected chi connectivity index (χ3v) is 3.72. The summed E-state index contributed by atoms with van der Waals surface area (Å²) >= 11 is 0. The summed E-state index contributed by atoms with van der Waals surface area (Å²) in [5.41, 5.74) is 2.10. The van der Waals surface area contributed by atoms with Crippen LogP contribution in [0.15, 0.2) is 24.3 Å². The van der Waals surface area contributed by atoms with Gasteiger partial charge < -0.3 is 5.11 Å². The van der Waals surface area contributed by atoms with Gasteiger partial charge in [0.15, 0.2) is 0 Å². The first-order chi connectivity index (χ1) is 7.57. The van der Waals surface area contributed by atoms with Crippen molar-refractivity contribution in [2.45, 2.75) is 51.6 Å². The molecule has 1 heteroatoms. The van der Waals surface area contributed by atoms with Crippen LogP contribution >= 0.6 is 0 Å². The summed E-state index contributed by atoms with van der Waals surface area (Å²) in [6.45, 7) is 4.35. The average molecular weight is 218 g/mol. The molecule has 1 aromatic rings. The number of aliphatic hydroxyl groups is 1. The zero-order valence-electron chi connectivity index (χ0n) is 10.4. The second kappa shape index (κ2) is 4.58. The Bertz CT molecular complexity index is 341. The average Bonchev–Trinajstić information content (AvgIpc) is 2.21. The molecule has 0 saturated heterocycles. The van der Waals surface area contributed by atoms with Crippen LogP contribution in [-0.4, -0.2) is 10.7 Å². The molecule has 2 rings (SSSR count). The van der Waals surface area contributed by atoms with E-state index in [0.29, 0.717) is 5.92 Å². The van der Waals surface area contributed by atoms with Crippen LogP contribution in [0, 0.1) is 12.8 Å². The number of hydrogen-bond donors (Lipinski definition) is 1. The van der Waals surface area contributed by atoms with Gasteiger partial charge in [0.1, 0.15) is 0 Å². The third kappa shape index (κ3) is 2.85. The quantitative estimate of drug-likeness (QED) is 0.805. The van der Waals surface area contributed by atoms with Gasteiger partial charge in [0.2, 0.25) is 0 Å². The zero-order chi connectivity index (χ0) is 11.6. The van der Waals surface area contributed by atoms with Crippen molar-refractivity contribution in [1.29, 1.82) is 0 Å². The minimum absolute atomic E-state index is 0.451. The van der Waals surface area contributed by atoms with Crippen LogP contribution in [0.5, 0.6) is 0 Å². The van der Waals surface area contributed by atoms with Crippen molar-refractivity contribution in [2.24, 2.45) is 5.92 Å². The summed E-state index contributed by atoms with van der Waals surface area (Å²) in [7, 11) is 0. The largest absolute Gasteiger partial charge is 0.390 e. The van der Waals surface area contributed by atoms with Crippen molar-refractivity contribution < 1.29 is 5.11 Å². The molecule has 1 aliphatic rings. The van der Waals surface area contributed by atoms with Crippen molar-refractivity contribution in [3.63, 3.8) is 0 Å². The molecule has 1 nitrogen and oxygen atoms in total. The molecule has 1 aliphatic carbocycles. The fraction of sp³-hybridized carbons (Fsp3) is 0.600. The summed E-state index contributed by atoms with van der Waals surface area (Å²) in [5, 5.41) is 10.6. The van der Waals surface area contributed by atoms with Gasteiger partial charge >= 0.3 is 0 Å². The third-order valence-electron chi connectivity index (χ3n) is 3.72. The molecule has 2 unspecified atom stereocenters. The number of hydrogen-bond acceptors (Lipinski definition) is 1. The second-order valence-electron chi connectivity index (χ2n) is 5.59. The highest BCUT2D eigenvalue weighted by molar-refractivity contribution is 5.22. The number of rotatable bonds is 2. The molecule has 0 aromatic heterocycles. The van der Waals surface area contributed by atoms with E-state index in [2.05, 4.69) is 38.1 Å². The van der Waals surface area contributed by atoms with E-state index in [-0.39, 0.29) is 0 Å². The molecule has 1 fully saturated rings. The van der Waals surface area contributed by atoms with Gasteiger partial charge in [-0.15, -0.1) is 0 Å². The van der Waals surface area contributed by atoms with Crippen LogP contribution in [0.2, 0.25) is 0 Å². The Balaban J connectivity index is 2.05. The molecule has 0 bridgehead atoms. The van der Waals surface area contributed by atoms with E-state index in [1.807, 2.05) is 0 Å². The van der Waals surface area contributed by atoms with Gasteiger partial charge in [-0.1, -0.05) is 49.6 Å².